The van der Waals surface area contributed by atoms with E-state index in [-0.39, 0.29) is 0 Å². The molecule has 0 spiro atoms. The van der Waals surface area contributed by atoms with Crippen molar-refractivity contribution in [2.75, 3.05) is 0 Å². The van der Waals surface area contributed by atoms with Crippen molar-refractivity contribution in [1.82, 2.24) is 0 Å². The normalized spacial score (nSPS) is 15.6. The molecule has 56 valence electrons. The van der Waals surface area contributed by atoms with Crippen LogP contribution in [-0.4, -0.2) is 6.21 Å². The first-order chi connectivity index (χ1) is 5.47. The van der Waals surface area contributed by atoms with Crippen molar-refractivity contribution in [3.8, 4) is 0 Å². The molecular formula is C10H11N. The molecule has 1 aliphatic heterocycles. The molecule has 1 aliphatic rings. The topological polar surface area (TPSA) is 12.4 Å². The lowest BCUT2D eigenvalue weighted by molar-refractivity contribution is 0.885. The van der Waals surface area contributed by atoms with Crippen LogP contribution < -0.4 is 0 Å². The summed E-state index contributed by atoms with van der Waals surface area (Å²) >= 11 is 0. The largest absolute Gasteiger partial charge is 0.261 e. The van der Waals surface area contributed by atoms with E-state index >= 15 is 0 Å². The van der Waals surface area contributed by atoms with Gasteiger partial charge in [0.15, 0.2) is 0 Å². The van der Waals surface area contributed by atoms with Gasteiger partial charge in [-0.3, -0.25) is 4.99 Å². The van der Waals surface area contributed by atoms with Gasteiger partial charge >= 0.3 is 0 Å². The molecule has 2 rings (SSSR count). The van der Waals surface area contributed by atoms with Crippen LogP contribution in [0.15, 0.2) is 29.3 Å². The molecule has 0 saturated heterocycles. The van der Waals surface area contributed by atoms with Crippen molar-refractivity contribution in [3.05, 3.63) is 29.8 Å². The number of fused-ring (bicyclic) bond motifs is 1. The van der Waals surface area contributed by atoms with E-state index in [4.69, 9.17) is 0 Å². The maximum absolute atomic E-state index is 4.36. The number of para-hydroxylation sites is 1. The van der Waals surface area contributed by atoms with Gasteiger partial charge in [0.25, 0.3) is 0 Å². The zero-order chi connectivity index (χ0) is 7.52. The minimum Gasteiger partial charge on any atom is -0.261 e. The first kappa shape index (κ1) is 6.59. The van der Waals surface area contributed by atoms with Crippen LogP contribution in [0.3, 0.4) is 0 Å². The Morgan fingerprint density at radius 3 is 3.09 bits per heavy atom. The van der Waals surface area contributed by atoms with E-state index in [1.165, 1.54) is 18.4 Å². The fraction of sp³-hybridized carbons (Fsp3) is 0.300. The monoisotopic (exact) mass is 145 g/mol. The zero-order valence-electron chi connectivity index (χ0n) is 6.46. The first-order valence-corrected chi connectivity index (χ1v) is 4.07. The second kappa shape index (κ2) is 2.87. The highest BCUT2D eigenvalue weighted by atomic mass is 14.7. The molecule has 0 amide bonds. The Morgan fingerprint density at radius 2 is 2.09 bits per heavy atom. The molecule has 0 saturated carbocycles. The smallest absolute Gasteiger partial charge is 0.0657 e. The van der Waals surface area contributed by atoms with Crippen LogP contribution in [0.2, 0.25) is 0 Å². The Bertz CT molecular complexity index is 276. The third kappa shape index (κ3) is 1.32. The molecule has 0 N–H and O–H groups in total. The Balaban J connectivity index is 2.45. The minimum atomic E-state index is 1.12. The molecule has 1 aromatic rings. The molecular weight excluding hydrogens is 134 g/mol. The summed E-state index contributed by atoms with van der Waals surface area (Å²) in [5.41, 5.74) is 2.55. The molecule has 0 aliphatic carbocycles. The maximum atomic E-state index is 4.36. The van der Waals surface area contributed by atoms with Gasteiger partial charge in [-0.2, -0.15) is 0 Å². The quantitative estimate of drug-likeness (QED) is 0.532. The third-order valence-electron chi connectivity index (χ3n) is 2.00. The summed E-state index contributed by atoms with van der Waals surface area (Å²) in [6, 6.07) is 8.37. The molecule has 0 aromatic heterocycles. The van der Waals surface area contributed by atoms with Crippen LogP contribution in [0.1, 0.15) is 18.4 Å². The van der Waals surface area contributed by atoms with Gasteiger partial charge in [0.05, 0.1) is 5.69 Å². The summed E-state index contributed by atoms with van der Waals surface area (Å²) in [6.45, 7) is 0. The van der Waals surface area contributed by atoms with Gasteiger partial charge in [-0.05, 0) is 30.9 Å². The molecule has 1 heteroatoms. The predicted octanol–water partition coefficient (Wildman–Crippen LogP) is 2.73. The highest BCUT2D eigenvalue weighted by Crippen LogP contribution is 2.22. The van der Waals surface area contributed by atoms with Gasteiger partial charge < -0.3 is 0 Å². The zero-order valence-corrected chi connectivity index (χ0v) is 6.46. The number of hydrogen-bond donors (Lipinski definition) is 0. The molecule has 0 bridgehead atoms. The predicted molar refractivity (Wildman–Crippen MR) is 47.5 cm³/mol. The van der Waals surface area contributed by atoms with Crippen molar-refractivity contribution < 1.29 is 0 Å². The van der Waals surface area contributed by atoms with Crippen molar-refractivity contribution in [1.29, 1.82) is 0 Å². The average molecular weight is 145 g/mol. The van der Waals surface area contributed by atoms with E-state index in [1.54, 1.807) is 0 Å². The summed E-state index contributed by atoms with van der Waals surface area (Å²) in [5.74, 6) is 0. The molecule has 0 atom stereocenters. The Morgan fingerprint density at radius 1 is 1.18 bits per heavy atom. The number of hydrogen-bond acceptors (Lipinski definition) is 1. The van der Waals surface area contributed by atoms with E-state index in [0.29, 0.717) is 0 Å². The van der Waals surface area contributed by atoms with E-state index in [1.807, 2.05) is 12.3 Å². The fourth-order valence-corrected chi connectivity index (χ4v) is 1.39. The van der Waals surface area contributed by atoms with Crippen LogP contribution in [-0.2, 0) is 6.42 Å². The van der Waals surface area contributed by atoms with Crippen molar-refractivity contribution in [3.63, 3.8) is 0 Å². The number of nitrogens with zero attached hydrogens (tertiary/aromatic N) is 1. The van der Waals surface area contributed by atoms with Crippen molar-refractivity contribution >= 4 is 11.9 Å². The number of benzene rings is 1. The lowest BCUT2D eigenvalue weighted by Crippen LogP contribution is -1.81. The molecule has 0 unspecified atom stereocenters. The standard InChI is InChI=1S/C10H11N/c1-2-7-10-9(5-1)6-3-4-8-11-10/h1-2,5,7-8H,3-4,6H2. The second-order valence-corrected chi connectivity index (χ2v) is 2.83. The molecule has 0 fully saturated rings. The van der Waals surface area contributed by atoms with E-state index in [2.05, 4.69) is 23.2 Å². The van der Waals surface area contributed by atoms with Gasteiger partial charge in [-0.15, -0.1) is 0 Å². The average Bonchev–Trinajstić information content (AvgIpc) is 2.28. The fourth-order valence-electron chi connectivity index (χ4n) is 1.39. The Hall–Kier alpha value is -1.11. The highest BCUT2D eigenvalue weighted by molar-refractivity contribution is 5.66. The van der Waals surface area contributed by atoms with Gasteiger partial charge in [-0.25, -0.2) is 0 Å². The second-order valence-electron chi connectivity index (χ2n) is 2.83. The van der Waals surface area contributed by atoms with Crippen molar-refractivity contribution in [2.24, 2.45) is 4.99 Å². The van der Waals surface area contributed by atoms with Gasteiger partial charge in [-0.1, -0.05) is 18.2 Å². The van der Waals surface area contributed by atoms with Gasteiger partial charge in [0, 0.05) is 6.21 Å². The summed E-state index contributed by atoms with van der Waals surface area (Å²) in [4.78, 5) is 4.36. The number of aryl methyl sites for hydroxylation is 1. The Kier molecular flexibility index (Phi) is 1.72. The lowest BCUT2D eigenvalue weighted by atomic mass is 10.1. The van der Waals surface area contributed by atoms with E-state index in [9.17, 15) is 0 Å². The molecule has 1 nitrogen and oxygen atoms in total. The van der Waals surface area contributed by atoms with Crippen LogP contribution in [0.25, 0.3) is 0 Å². The number of rotatable bonds is 0. The SMILES string of the molecule is C1=Nc2ccccc2CCC1. The van der Waals surface area contributed by atoms with Crippen LogP contribution in [0, 0.1) is 0 Å². The lowest BCUT2D eigenvalue weighted by Gasteiger charge is -1.99. The van der Waals surface area contributed by atoms with Gasteiger partial charge in [0.2, 0.25) is 0 Å². The summed E-state index contributed by atoms with van der Waals surface area (Å²) in [6.07, 6.45) is 5.55. The summed E-state index contributed by atoms with van der Waals surface area (Å²) in [7, 11) is 0. The third-order valence-corrected chi connectivity index (χ3v) is 2.00. The van der Waals surface area contributed by atoms with E-state index < -0.39 is 0 Å². The molecule has 1 aromatic carbocycles. The number of aliphatic imine (C=N–C) groups is 1. The Labute approximate surface area is 66.8 Å². The van der Waals surface area contributed by atoms with Crippen molar-refractivity contribution in [2.45, 2.75) is 19.3 Å². The minimum absolute atomic E-state index is 1.12. The summed E-state index contributed by atoms with van der Waals surface area (Å²) in [5, 5.41) is 0. The highest BCUT2D eigenvalue weighted by Gasteiger charge is 2.01. The molecule has 11 heavy (non-hydrogen) atoms. The first-order valence-electron chi connectivity index (χ1n) is 4.07. The van der Waals surface area contributed by atoms with Crippen LogP contribution >= 0.6 is 0 Å². The molecule has 0 radical (unpaired) electrons. The van der Waals surface area contributed by atoms with E-state index in [0.717, 1.165) is 12.1 Å². The maximum Gasteiger partial charge on any atom is 0.0657 e. The van der Waals surface area contributed by atoms with Crippen LogP contribution in [0.4, 0.5) is 5.69 Å². The molecule has 1 heterocycles. The summed E-state index contributed by atoms with van der Waals surface area (Å²) < 4.78 is 0. The van der Waals surface area contributed by atoms with Gasteiger partial charge in [0.1, 0.15) is 0 Å². The van der Waals surface area contributed by atoms with Crippen LogP contribution in [0.5, 0.6) is 0 Å².